The molecule has 25 heavy (non-hydrogen) atoms. The fraction of sp³-hybridized carbons (Fsp3) is 0.150. The first-order chi connectivity index (χ1) is 12.2. The minimum atomic E-state index is -0.349. The zero-order valence-corrected chi connectivity index (χ0v) is 13.8. The van der Waals surface area contributed by atoms with Gasteiger partial charge in [0.25, 0.3) is 5.43 Å². The van der Waals surface area contributed by atoms with Gasteiger partial charge >= 0.3 is 5.97 Å². The van der Waals surface area contributed by atoms with Gasteiger partial charge in [-0.25, -0.2) is 4.79 Å². The van der Waals surface area contributed by atoms with E-state index in [-0.39, 0.29) is 11.4 Å². The molecule has 0 spiro atoms. The Morgan fingerprint density at radius 2 is 1.92 bits per heavy atom. The molecule has 124 valence electrons. The summed E-state index contributed by atoms with van der Waals surface area (Å²) in [5, 5.41) is 0.738. The van der Waals surface area contributed by atoms with Crippen molar-refractivity contribution in [3.8, 4) is 0 Å². The van der Waals surface area contributed by atoms with Crippen molar-refractivity contribution in [2.45, 2.75) is 13.0 Å². The van der Waals surface area contributed by atoms with E-state index in [2.05, 4.69) is 4.68 Å². The van der Waals surface area contributed by atoms with Gasteiger partial charge in [0.15, 0.2) is 0 Å². The number of aryl methyl sites for hydroxylation is 1. The Bertz CT molecular complexity index is 1060. The molecule has 1 aliphatic rings. The van der Waals surface area contributed by atoms with Crippen LogP contribution in [0.2, 0.25) is 0 Å². The SMILES string of the molecule is COC(=O)c1ccc(/C=C2\CCn3c4ccccc4c(=O)c[n+]32)cc1. The van der Waals surface area contributed by atoms with Gasteiger partial charge in [-0.05, 0) is 29.8 Å². The van der Waals surface area contributed by atoms with Crippen molar-refractivity contribution < 1.29 is 14.2 Å². The second-order valence-electron chi connectivity index (χ2n) is 5.98. The quantitative estimate of drug-likeness (QED) is 0.535. The molecule has 0 saturated carbocycles. The number of hydrogen-bond donors (Lipinski definition) is 0. The molecular formula is C20H17N2O3+. The Hall–Kier alpha value is -3.21. The molecular weight excluding hydrogens is 316 g/mol. The highest BCUT2D eigenvalue weighted by Crippen LogP contribution is 2.19. The maximum atomic E-state index is 12.4. The van der Waals surface area contributed by atoms with Gasteiger partial charge in [-0.15, -0.1) is 4.68 Å². The highest BCUT2D eigenvalue weighted by atomic mass is 16.5. The monoisotopic (exact) mass is 333 g/mol. The Morgan fingerprint density at radius 3 is 2.68 bits per heavy atom. The van der Waals surface area contributed by atoms with Crippen LogP contribution in [0.5, 0.6) is 0 Å². The van der Waals surface area contributed by atoms with Crippen LogP contribution in [0.1, 0.15) is 22.3 Å². The number of hydrogen-bond acceptors (Lipinski definition) is 3. The van der Waals surface area contributed by atoms with Gasteiger partial charge in [0.2, 0.25) is 11.9 Å². The van der Waals surface area contributed by atoms with Crippen LogP contribution >= 0.6 is 0 Å². The van der Waals surface area contributed by atoms with E-state index < -0.39 is 0 Å². The first-order valence-corrected chi connectivity index (χ1v) is 8.11. The molecule has 2 aromatic carbocycles. The van der Waals surface area contributed by atoms with E-state index in [0.29, 0.717) is 5.56 Å². The van der Waals surface area contributed by atoms with Crippen molar-refractivity contribution in [1.82, 2.24) is 4.68 Å². The zero-order chi connectivity index (χ0) is 17.4. The summed E-state index contributed by atoms with van der Waals surface area (Å²) < 4.78 is 8.76. The first kappa shape index (κ1) is 15.3. The fourth-order valence-electron chi connectivity index (χ4n) is 3.24. The first-order valence-electron chi connectivity index (χ1n) is 8.11. The Morgan fingerprint density at radius 1 is 1.16 bits per heavy atom. The molecule has 1 aliphatic heterocycles. The van der Waals surface area contributed by atoms with Gasteiger partial charge in [0.05, 0.1) is 31.0 Å². The number of aromatic nitrogens is 2. The summed E-state index contributed by atoms with van der Waals surface area (Å²) in [4.78, 5) is 23.9. The summed E-state index contributed by atoms with van der Waals surface area (Å²) in [7, 11) is 1.37. The van der Waals surface area contributed by atoms with Crippen molar-refractivity contribution in [2.24, 2.45) is 0 Å². The number of nitrogens with zero attached hydrogens (tertiary/aromatic N) is 2. The van der Waals surface area contributed by atoms with Crippen molar-refractivity contribution in [2.75, 3.05) is 7.11 Å². The van der Waals surface area contributed by atoms with E-state index in [1.807, 2.05) is 47.2 Å². The number of rotatable bonds is 2. The maximum absolute atomic E-state index is 12.4. The summed E-state index contributed by atoms with van der Waals surface area (Å²) in [6, 6.07) is 14.9. The van der Waals surface area contributed by atoms with Crippen molar-refractivity contribution in [3.63, 3.8) is 0 Å². The molecule has 3 aromatic rings. The van der Waals surface area contributed by atoms with Gasteiger partial charge in [-0.1, -0.05) is 28.9 Å². The third kappa shape index (κ3) is 2.63. The van der Waals surface area contributed by atoms with Crippen LogP contribution < -0.4 is 10.1 Å². The minimum absolute atomic E-state index is 0.0145. The second-order valence-corrected chi connectivity index (χ2v) is 5.98. The van der Waals surface area contributed by atoms with Gasteiger partial charge in [-0.2, -0.15) is 0 Å². The van der Waals surface area contributed by atoms with Gasteiger partial charge in [0.1, 0.15) is 5.52 Å². The van der Waals surface area contributed by atoms with Gasteiger partial charge < -0.3 is 4.74 Å². The summed E-state index contributed by atoms with van der Waals surface area (Å²) in [5.41, 5.74) is 3.50. The number of carbonyl (C=O) groups is 1. The Kier molecular flexibility index (Phi) is 3.69. The topological polar surface area (TPSA) is 52.2 Å². The van der Waals surface area contributed by atoms with Crippen LogP contribution in [0.25, 0.3) is 22.7 Å². The number of methoxy groups -OCH3 is 1. The van der Waals surface area contributed by atoms with E-state index in [9.17, 15) is 9.59 Å². The second kappa shape index (κ2) is 6.02. The molecule has 0 atom stereocenters. The number of fused-ring (bicyclic) bond motifs is 3. The summed E-state index contributed by atoms with van der Waals surface area (Å²) in [6.45, 7) is 0.826. The molecule has 0 radical (unpaired) electrons. The number of allylic oxidation sites excluding steroid dienone is 1. The van der Waals surface area contributed by atoms with E-state index in [4.69, 9.17) is 4.74 Å². The molecule has 0 N–H and O–H groups in total. The number of carbonyl (C=O) groups excluding carboxylic acids is 1. The lowest BCUT2D eigenvalue weighted by atomic mass is 10.1. The molecule has 0 unspecified atom stereocenters. The van der Waals surface area contributed by atoms with Crippen LogP contribution in [0.4, 0.5) is 0 Å². The van der Waals surface area contributed by atoms with Gasteiger partial charge in [0, 0.05) is 6.08 Å². The molecule has 1 aromatic heterocycles. The minimum Gasteiger partial charge on any atom is -0.465 e. The van der Waals surface area contributed by atoms with E-state index >= 15 is 0 Å². The lowest BCUT2D eigenvalue weighted by Gasteiger charge is -2.02. The highest BCUT2D eigenvalue weighted by molar-refractivity contribution is 5.89. The highest BCUT2D eigenvalue weighted by Gasteiger charge is 2.26. The predicted molar refractivity (Wildman–Crippen MR) is 95.0 cm³/mol. The lowest BCUT2D eigenvalue weighted by Crippen LogP contribution is -2.42. The molecule has 0 fully saturated rings. The van der Waals surface area contributed by atoms with E-state index in [0.717, 1.165) is 35.1 Å². The molecule has 0 amide bonds. The number of benzene rings is 2. The van der Waals surface area contributed by atoms with Crippen LogP contribution in [-0.2, 0) is 11.3 Å². The molecule has 4 rings (SSSR count). The largest absolute Gasteiger partial charge is 0.465 e. The molecule has 5 heteroatoms. The Balaban J connectivity index is 1.76. The van der Waals surface area contributed by atoms with Crippen LogP contribution in [-0.4, -0.2) is 17.8 Å². The van der Waals surface area contributed by atoms with E-state index in [1.54, 1.807) is 18.3 Å². The zero-order valence-electron chi connectivity index (χ0n) is 13.8. The summed E-state index contributed by atoms with van der Waals surface area (Å²) in [6.07, 6.45) is 4.53. The average molecular weight is 333 g/mol. The standard InChI is InChI=1S/C20H17N2O3/c1-25-20(24)15-8-6-14(7-9-15)12-16-10-11-21-18-5-3-2-4-17(18)19(23)13-22(16)21/h2-9,12-13H,10-11H2,1H3/q+1/b16-12+. The number of ether oxygens (including phenoxy) is 1. The lowest BCUT2D eigenvalue weighted by molar-refractivity contribution is -0.661. The van der Waals surface area contributed by atoms with Crippen LogP contribution in [0.15, 0.2) is 59.5 Å². The van der Waals surface area contributed by atoms with Crippen LogP contribution in [0, 0.1) is 0 Å². The smallest absolute Gasteiger partial charge is 0.337 e. The average Bonchev–Trinajstić information content (AvgIpc) is 3.05. The normalized spacial score (nSPS) is 14.7. The number of esters is 1. The van der Waals surface area contributed by atoms with Crippen molar-refractivity contribution >= 4 is 28.6 Å². The predicted octanol–water partition coefficient (Wildman–Crippen LogP) is 2.48. The van der Waals surface area contributed by atoms with Crippen molar-refractivity contribution in [1.29, 1.82) is 0 Å². The van der Waals surface area contributed by atoms with Gasteiger partial charge in [-0.3, -0.25) is 4.79 Å². The Labute approximate surface area is 144 Å². The molecule has 0 saturated heterocycles. The third-order valence-electron chi connectivity index (χ3n) is 4.49. The van der Waals surface area contributed by atoms with Crippen LogP contribution in [0.3, 0.4) is 0 Å². The molecule has 5 nitrogen and oxygen atoms in total. The van der Waals surface area contributed by atoms with Crippen molar-refractivity contribution in [3.05, 3.63) is 76.1 Å². The van der Waals surface area contributed by atoms with E-state index in [1.165, 1.54) is 7.11 Å². The summed E-state index contributed by atoms with van der Waals surface area (Å²) >= 11 is 0. The molecule has 0 aliphatic carbocycles. The molecule has 0 bridgehead atoms. The molecule has 2 heterocycles. The number of para-hydroxylation sites is 1. The maximum Gasteiger partial charge on any atom is 0.337 e. The fourth-order valence-corrected chi connectivity index (χ4v) is 3.24. The summed E-state index contributed by atoms with van der Waals surface area (Å²) in [5.74, 6) is -0.349. The third-order valence-corrected chi connectivity index (χ3v) is 4.49.